The number of nitrogens with zero attached hydrogens (tertiary/aromatic N) is 2. The van der Waals surface area contributed by atoms with E-state index in [1.807, 2.05) is 6.07 Å². The van der Waals surface area contributed by atoms with Crippen LogP contribution in [0.2, 0.25) is 0 Å². The summed E-state index contributed by atoms with van der Waals surface area (Å²) in [6.07, 6.45) is 4.00. The maximum atomic E-state index is 9.53. The molecule has 3 nitrogen and oxygen atoms in total. The predicted octanol–water partition coefficient (Wildman–Crippen LogP) is 3.42. The van der Waals surface area contributed by atoms with Crippen molar-refractivity contribution in [1.29, 1.82) is 0 Å². The van der Waals surface area contributed by atoms with Crippen molar-refractivity contribution >= 4 is 27.4 Å². The van der Waals surface area contributed by atoms with Crippen molar-refractivity contribution in [1.82, 2.24) is 4.98 Å². The first-order valence-corrected chi connectivity index (χ1v) is 7.19. The minimum Gasteiger partial charge on any atom is -0.392 e. The van der Waals surface area contributed by atoms with Gasteiger partial charge in [0, 0.05) is 28.5 Å². The number of hydrogen-bond donors (Lipinski definition) is 1. The summed E-state index contributed by atoms with van der Waals surface area (Å²) in [6, 6.07) is 10.3. The number of benzene rings is 1. The van der Waals surface area contributed by atoms with E-state index >= 15 is 0 Å². The van der Waals surface area contributed by atoms with Gasteiger partial charge in [-0.05, 0) is 46.5 Å². The van der Waals surface area contributed by atoms with E-state index in [0.29, 0.717) is 0 Å². The quantitative estimate of drug-likeness (QED) is 0.921. The summed E-state index contributed by atoms with van der Waals surface area (Å²) in [7, 11) is 0. The van der Waals surface area contributed by atoms with Gasteiger partial charge in [0.2, 0.25) is 0 Å². The Hall–Kier alpha value is -1.39. The SMILES string of the molecule is OCc1cc(Br)cnc1N1CCCc2ccccc21. The number of fused-ring (bicyclic) bond motifs is 1. The standard InChI is InChI=1S/C15H15BrN2O/c16-13-8-12(10-19)15(17-9-13)18-7-3-5-11-4-1-2-6-14(11)18/h1-2,4,6,8-9,19H,3,5,7,10H2. The highest BCUT2D eigenvalue weighted by molar-refractivity contribution is 9.10. The Balaban J connectivity index is 2.09. The molecule has 2 aromatic rings. The molecule has 1 aromatic carbocycles. The number of halogens is 1. The number of para-hydroxylation sites is 1. The predicted molar refractivity (Wildman–Crippen MR) is 79.6 cm³/mol. The first-order valence-electron chi connectivity index (χ1n) is 6.40. The van der Waals surface area contributed by atoms with E-state index in [2.05, 4.69) is 50.1 Å². The van der Waals surface area contributed by atoms with Gasteiger partial charge in [0.05, 0.1) is 6.61 Å². The topological polar surface area (TPSA) is 36.4 Å². The summed E-state index contributed by atoms with van der Waals surface area (Å²) in [5.74, 6) is 0.859. The van der Waals surface area contributed by atoms with Gasteiger partial charge in [0.1, 0.15) is 5.82 Å². The summed E-state index contributed by atoms with van der Waals surface area (Å²) < 4.78 is 0.894. The average molecular weight is 319 g/mol. The highest BCUT2D eigenvalue weighted by atomic mass is 79.9. The van der Waals surface area contributed by atoms with Crippen LogP contribution in [-0.4, -0.2) is 16.6 Å². The van der Waals surface area contributed by atoms with Crippen LogP contribution in [-0.2, 0) is 13.0 Å². The van der Waals surface area contributed by atoms with Crippen LogP contribution >= 0.6 is 15.9 Å². The van der Waals surface area contributed by atoms with E-state index < -0.39 is 0 Å². The normalized spacial score (nSPS) is 14.3. The van der Waals surface area contributed by atoms with E-state index in [1.165, 1.54) is 11.3 Å². The van der Waals surface area contributed by atoms with Crippen LogP contribution in [0.15, 0.2) is 41.0 Å². The fraction of sp³-hybridized carbons (Fsp3) is 0.267. The summed E-state index contributed by atoms with van der Waals surface area (Å²) in [5.41, 5.74) is 3.41. The molecule has 0 fully saturated rings. The van der Waals surface area contributed by atoms with E-state index in [0.717, 1.165) is 35.2 Å². The van der Waals surface area contributed by atoms with Gasteiger partial charge in [-0.15, -0.1) is 0 Å². The Kier molecular flexibility index (Phi) is 3.53. The number of aliphatic hydroxyl groups is 1. The molecule has 0 unspecified atom stereocenters. The minimum absolute atomic E-state index is 0.000437. The van der Waals surface area contributed by atoms with Crippen LogP contribution in [0, 0.1) is 0 Å². The third-order valence-electron chi connectivity index (χ3n) is 3.45. The minimum atomic E-state index is 0.000437. The van der Waals surface area contributed by atoms with Gasteiger partial charge in [0.15, 0.2) is 0 Å². The Morgan fingerprint density at radius 3 is 3.00 bits per heavy atom. The Morgan fingerprint density at radius 1 is 1.32 bits per heavy atom. The lowest BCUT2D eigenvalue weighted by Crippen LogP contribution is -2.26. The van der Waals surface area contributed by atoms with E-state index in [9.17, 15) is 5.11 Å². The second-order valence-electron chi connectivity index (χ2n) is 4.68. The molecule has 1 aliphatic rings. The Labute approximate surface area is 121 Å². The third-order valence-corrected chi connectivity index (χ3v) is 3.88. The Morgan fingerprint density at radius 2 is 2.16 bits per heavy atom. The second-order valence-corrected chi connectivity index (χ2v) is 5.59. The molecular formula is C15H15BrN2O. The first-order chi connectivity index (χ1) is 9.29. The lowest BCUT2D eigenvalue weighted by Gasteiger charge is -2.31. The molecule has 0 radical (unpaired) electrons. The molecule has 19 heavy (non-hydrogen) atoms. The largest absolute Gasteiger partial charge is 0.392 e. The van der Waals surface area contributed by atoms with Crippen LogP contribution in [0.25, 0.3) is 0 Å². The number of pyridine rings is 1. The zero-order valence-electron chi connectivity index (χ0n) is 10.5. The fourth-order valence-corrected chi connectivity index (χ4v) is 2.97. The maximum Gasteiger partial charge on any atom is 0.138 e. The monoisotopic (exact) mass is 318 g/mol. The summed E-state index contributed by atoms with van der Waals surface area (Å²) in [6.45, 7) is 0.944. The summed E-state index contributed by atoms with van der Waals surface area (Å²) in [4.78, 5) is 6.70. The molecule has 0 atom stereocenters. The van der Waals surface area contributed by atoms with Gasteiger partial charge in [-0.25, -0.2) is 4.98 Å². The molecule has 0 saturated carbocycles. The molecular weight excluding hydrogens is 304 g/mol. The zero-order valence-corrected chi connectivity index (χ0v) is 12.1. The van der Waals surface area contributed by atoms with Crippen molar-refractivity contribution in [2.75, 3.05) is 11.4 Å². The molecule has 0 aliphatic carbocycles. The van der Waals surface area contributed by atoms with Crippen LogP contribution in [0.5, 0.6) is 0 Å². The van der Waals surface area contributed by atoms with Crippen molar-refractivity contribution in [2.45, 2.75) is 19.4 Å². The molecule has 2 heterocycles. The lowest BCUT2D eigenvalue weighted by atomic mass is 10.0. The third kappa shape index (κ3) is 2.38. The van der Waals surface area contributed by atoms with Crippen LogP contribution < -0.4 is 4.90 Å². The number of aromatic nitrogens is 1. The van der Waals surface area contributed by atoms with Gasteiger partial charge in [-0.1, -0.05) is 18.2 Å². The molecule has 1 aromatic heterocycles. The zero-order chi connectivity index (χ0) is 13.2. The van der Waals surface area contributed by atoms with Gasteiger partial charge in [-0.2, -0.15) is 0 Å². The van der Waals surface area contributed by atoms with Gasteiger partial charge in [-0.3, -0.25) is 0 Å². The van der Waals surface area contributed by atoms with Crippen molar-refractivity contribution in [3.05, 3.63) is 52.1 Å². The average Bonchev–Trinajstić information content (AvgIpc) is 2.46. The number of hydrogen-bond acceptors (Lipinski definition) is 3. The molecule has 0 saturated heterocycles. The number of rotatable bonds is 2. The molecule has 98 valence electrons. The van der Waals surface area contributed by atoms with Crippen molar-refractivity contribution < 1.29 is 5.11 Å². The van der Waals surface area contributed by atoms with Crippen molar-refractivity contribution in [3.63, 3.8) is 0 Å². The first kappa shape index (κ1) is 12.6. The molecule has 1 N–H and O–H groups in total. The molecule has 0 amide bonds. The molecule has 0 spiro atoms. The fourth-order valence-electron chi connectivity index (χ4n) is 2.59. The van der Waals surface area contributed by atoms with Crippen molar-refractivity contribution in [2.24, 2.45) is 0 Å². The highest BCUT2D eigenvalue weighted by Gasteiger charge is 2.20. The maximum absolute atomic E-state index is 9.53. The van der Waals surface area contributed by atoms with E-state index in [4.69, 9.17) is 0 Å². The lowest BCUT2D eigenvalue weighted by molar-refractivity contribution is 0.281. The van der Waals surface area contributed by atoms with Crippen LogP contribution in [0.1, 0.15) is 17.5 Å². The second kappa shape index (κ2) is 5.31. The number of aliphatic hydroxyl groups excluding tert-OH is 1. The Bertz CT molecular complexity index is 600. The number of aryl methyl sites for hydroxylation is 1. The van der Waals surface area contributed by atoms with Gasteiger partial charge >= 0.3 is 0 Å². The molecule has 0 bridgehead atoms. The highest BCUT2D eigenvalue weighted by Crippen LogP contribution is 2.34. The summed E-state index contributed by atoms with van der Waals surface area (Å²) >= 11 is 3.40. The van der Waals surface area contributed by atoms with E-state index in [-0.39, 0.29) is 6.61 Å². The molecule has 4 heteroatoms. The smallest absolute Gasteiger partial charge is 0.138 e. The molecule has 3 rings (SSSR count). The van der Waals surface area contributed by atoms with Crippen molar-refractivity contribution in [3.8, 4) is 0 Å². The van der Waals surface area contributed by atoms with E-state index in [1.54, 1.807) is 6.20 Å². The summed E-state index contributed by atoms with van der Waals surface area (Å²) in [5, 5.41) is 9.53. The van der Waals surface area contributed by atoms with Gasteiger partial charge < -0.3 is 10.0 Å². The molecule has 1 aliphatic heterocycles. The van der Waals surface area contributed by atoms with Crippen LogP contribution in [0.4, 0.5) is 11.5 Å². The van der Waals surface area contributed by atoms with Crippen LogP contribution in [0.3, 0.4) is 0 Å². The van der Waals surface area contributed by atoms with Gasteiger partial charge in [0.25, 0.3) is 0 Å². The number of anilines is 2.